The van der Waals surface area contributed by atoms with E-state index in [4.69, 9.17) is 0 Å². The van der Waals surface area contributed by atoms with Crippen LogP contribution in [0.25, 0.3) is 16.4 Å². The number of halogens is 3. The van der Waals surface area contributed by atoms with Crippen LogP contribution in [0, 0.1) is 6.92 Å². The first-order valence-corrected chi connectivity index (χ1v) is 11.5. The number of fused-ring (bicyclic) bond motifs is 1. The Bertz CT molecular complexity index is 1350. The number of benzene rings is 1. The molecule has 1 N–H and O–H groups in total. The summed E-state index contributed by atoms with van der Waals surface area (Å²) in [5.74, 6) is 0.431. The number of carbonyl (C=O) groups is 1. The molecule has 4 aromatic rings. The summed E-state index contributed by atoms with van der Waals surface area (Å²) in [6.07, 6.45) is -0.699. The maximum Gasteiger partial charge on any atom is 0.416 e. The van der Waals surface area contributed by atoms with Crippen molar-refractivity contribution in [2.45, 2.75) is 38.4 Å². The smallest absolute Gasteiger partial charge is 0.346 e. The van der Waals surface area contributed by atoms with Gasteiger partial charge in [0.2, 0.25) is 5.82 Å². The van der Waals surface area contributed by atoms with E-state index >= 15 is 0 Å². The molecule has 0 saturated heterocycles. The van der Waals surface area contributed by atoms with Gasteiger partial charge in [0.15, 0.2) is 5.82 Å². The summed E-state index contributed by atoms with van der Waals surface area (Å²) in [5, 5.41) is 9.07. The fourth-order valence-corrected chi connectivity index (χ4v) is 4.65. The van der Waals surface area contributed by atoms with Gasteiger partial charge in [-0.2, -0.15) is 13.2 Å². The molecule has 0 radical (unpaired) electrons. The molecule has 1 aromatic carbocycles. The molecule has 3 aromatic heterocycles. The van der Waals surface area contributed by atoms with E-state index in [0.29, 0.717) is 29.4 Å². The minimum atomic E-state index is -4.50. The molecule has 0 fully saturated rings. The molecule has 34 heavy (non-hydrogen) atoms. The summed E-state index contributed by atoms with van der Waals surface area (Å²) >= 11 is 1.36. The van der Waals surface area contributed by atoms with Gasteiger partial charge in [0.25, 0.3) is 5.91 Å². The summed E-state index contributed by atoms with van der Waals surface area (Å²) in [6.45, 7) is 1.84. The van der Waals surface area contributed by atoms with Crippen LogP contribution in [0.15, 0.2) is 48.0 Å². The molecular weight excluding hydrogens is 465 g/mol. The Labute approximate surface area is 196 Å². The van der Waals surface area contributed by atoms with E-state index in [1.54, 1.807) is 18.3 Å². The number of amides is 1. The van der Waals surface area contributed by atoms with Crippen LogP contribution >= 0.6 is 11.3 Å². The fraction of sp³-hybridized carbons (Fsp3) is 0.261. The van der Waals surface area contributed by atoms with Crippen molar-refractivity contribution in [3.8, 4) is 16.4 Å². The Kier molecular flexibility index (Phi) is 5.64. The number of thiophene rings is 1. The van der Waals surface area contributed by atoms with Crippen molar-refractivity contribution in [3.05, 3.63) is 76.4 Å². The lowest BCUT2D eigenvalue weighted by Gasteiger charge is -2.24. The van der Waals surface area contributed by atoms with Gasteiger partial charge in [-0.25, -0.2) is 19.6 Å². The van der Waals surface area contributed by atoms with Gasteiger partial charge in [-0.15, -0.1) is 16.4 Å². The van der Waals surface area contributed by atoms with Crippen molar-refractivity contribution in [1.82, 2.24) is 30.0 Å². The van der Waals surface area contributed by atoms with Gasteiger partial charge in [0, 0.05) is 17.9 Å². The van der Waals surface area contributed by atoms with Crippen molar-refractivity contribution in [3.63, 3.8) is 0 Å². The highest BCUT2D eigenvalue weighted by molar-refractivity contribution is 7.13. The number of nitrogens with zero attached hydrogens (tertiary/aromatic N) is 5. The monoisotopic (exact) mass is 484 g/mol. The van der Waals surface area contributed by atoms with Gasteiger partial charge in [0.1, 0.15) is 5.82 Å². The highest BCUT2D eigenvalue weighted by Crippen LogP contribution is 2.32. The lowest BCUT2D eigenvalue weighted by Crippen LogP contribution is -2.39. The van der Waals surface area contributed by atoms with Crippen molar-refractivity contribution in [2.24, 2.45) is 0 Å². The topological polar surface area (TPSA) is 85.6 Å². The number of hydrogen-bond acceptors (Lipinski definition) is 6. The van der Waals surface area contributed by atoms with E-state index in [0.717, 1.165) is 29.8 Å². The zero-order valence-corrected chi connectivity index (χ0v) is 18.8. The van der Waals surface area contributed by atoms with Crippen LogP contribution in [-0.2, 0) is 19.0 Å². The number of nitrogens with one attached hydrogen (secondary N) is 1. The zero-order valence-electron chi connectivity index (χ0n) is 18.0. The number of aryl methyl sites for hydroxylation is 2. The first kappa shape index (κ1) is 22.2. The van der Waals surface area contributed by atoms with Gasteiger partial charge < -0.3 is 5.32 Å². The Morgan fingerprint density at radius 1 is 1.21 bits per heavy atom. The van der Waals surface area contributed by atoms with Crippen LogP contribution in [0.1, 0.15) is 39.7 Å². The molecule has 0 saturated carbocycles. The third-order valence-electron chi connectivity index (χ3n) is 5.58. The number of aromatic nitrogens is 5. The Morgan fingerprint density at radius 2 is 2.06 bits per heavy atom. The normalized spacial score (nSPS) is 15.7. The summed E-state index contributed by atoms with van der Waals surface area (Å²) < 4.78 is 41.1. The number of carbonyl (C=O) groups excluding carboxylic acids is 1. The van der Waals surface area contributed by atoms with Crippen LogP contribution in [0.3, 0.4) is 0 Å². The Morgan fingerprint density at radius 3 is 2.82 bits per heavy atom. The van der Waals surface area contributed by atoms with Crippen molar-refractivity contribution < 1.29 is 18.0 Å². The van der Waals surface area contributed by atoms with E-state index < -0.39 is 17.6 Å². The SMILES string of the molecule is Cc1ncc2c(n1)CC[C@H](NC(=O)c1nc(-c3cccs3)n(-c3cccc(C(F)(F)F)c3)n1)C2. The minimum absolute atomic E-state index is 0.105. The second-order valence-corrected chi connectivity index (χ2v) is 8.95. The molecule has 0 bridgehead atoms. The molecular formula is C23H19F3N6OS. The van der Waals surface area contributed by atoms with E-state index in [1.165, 1.54) is 28.2 Å². The average molecular weight is 485 g/mol. The number of alkyl halides is 3. The first-order valence-electron chi connectivity index (χ1n) is 10.6. The summed E-state index contributed by atoms with van der Waals surface area (Å²) in [4.78, 5) is 26.8. The van der Waals surface area contributed by atoms with Crippen LogP contribution in [0.2, 0.25) is 0 Å². The lowest BCUT2D eigenvalue weighted by atomic mass is 9.93. The zero-order chi connectivity index (χ0) is 23.9. The predicted octanol–water partition coefficient (Wildman–Crippen LogP) is 4.40. The maximum atomic E-state index is 13.3. The highest BCUT2D eigenvalue weighted by Gasteiger charge is 2.31. The number of rotatable bonds is 4. The van der Waals surface area contributed by atoms with Crippen molar-refractivity contribution in [1.29, 1.82) is 0 Å². The standard InChI is InChI=1S/C23H19F3N6OS/c1-13-27-12-14-10-16(7-8-18(14)28-13)29-22(33)20-30-21(19-6-3-9-34-19)32(31-20)17-5-2-4-15(11-17)23(24,25)26/h2-6,9,11-12,16H,7-8,10H2,1H3,(H,29,33)/t16-/m0/s1. The van der Waals surface area contributed by atoms with E-state index in [2.05, 4.69) is 25.4 Å². The van der Waals surface area contributed by atoms with E-state index in [9.17, 15) is 18.0 Å². The second kappa shape index (κ2) is 8.64. The maximum absolute atomic E-state index is 13.3. The van der Waals surface area contributed by atoms with Gasteiger partial charge >= 0.3 is 6.18 Å². The third-order valence-corrected chi connectivity index (χ3v) is 6.44. The van der Waals surface area contributed by atoms with Crippen LogP contribution < -0.4 is 5.32 Å². The highest BCUT2D eigenvalue weighted by atomic mass is 32.1. The van der Waals surface area contributed by atoms with E-state index in [1.807, 2.05) is 12.3 Å². The fourth-order valence-electron chi connectivity index (χ4n) is 3.95. The molecule has 5 rings (SSSR count). The first-order chi connectivity index (χ1) is 16.3. The molecule has 0 aliphatic heterocycles. The molecule has 1 atom stereocenters. The third kappa shape index (κ3) is 4.43. The van der Waals surface area contributed by atoms with Gasteiger partial charge in [-0.05, 0) is 61.4 Å². The lowest BCUT2D eigenvalue weighted by molar-refractivity contribution is -0.137. The van der Waals surface area contributed by atoms with E-state index in [-0.39, 0.29) is 17.6 Å². The van der Waals surface area contributed by atoms with Crippen molar-refractivity contribution in [2.75, 3.05) is 0 Å². The average Bonchev–Trinajstić information content (AvgIpc) is 3.49. The molecule has 1 aliphatic carbocycles. The van der Waals surface area contributed by atoms with Crippen LogP contribution in [-0.4, -0.2) is 36.7 Å². The number of hydrogen-bond donors (Lipinski definition) is 1. The molecule has 174 valence electrons. The minimum Gasteiger partial charge on any atom is -0.346 e. The summed E-state index contributed by atoms with van der Waals surface area (Å²) in [7, 11) is 0. The molecule has 1 aliphatic rings. The van der Waals surface area contributed by atoms with Crippen LogP contribution in [0.4, 0.5) is 13.2 Å². The van der Waals surface area contributed by atoms with Gasteiger partial charge in [-0.3, -0.25) is 4.79 Å². The summed E-state index contributed by atoms with van der Waals surface area (Å²) in [6, 6.07) is 8.23. The molecule has 11 heteroatoms. The Balaban J connectivity index is 1.44. The molecule has 0 unspecified atom stereocenters. The van der Waals surface area contributed by atoms with Crippen LogP contribution in [0.5, 0.6) is 0 Å². The predicted molar refractivity (Wildman–Crippen MR) is 120 cm³/mol. The quantitative estimate of drug-likeness (QED) is 0.464. The molecule has 7 nitrogen and oxygen atoms in total. The van der Waals surface area contributed by atoms with Crippen molar-refractivity contribution >= 4 is 17.2 Å². The summed E-state index contributed by atoms with van der Waals surface area (Å²) in [5.41, 5.74) is 1.35. The van der Waals surface area contributed by atoms with Gasteiger partial charge in [0.05, 0.1) is 16.1 Å². The van der Waals surface area contributed by atoms with Gasteiger partial charge in [-0.1, -0.05) is 12.1 Å². The molecule has 1 amide bonds. The largest absolute Gasteiger partial charge is 0.416 e. The molecule has 0 spiro atoms. The second-order valence-electron chi connectivity index (χ2n) is 8.00. The Hall–Kier alpha value is -3.60. The molecule has 3 heterocycles.